The minimum absolute atomic E-state index is 0.000842. The quantitative estimate of drug-likeness (QED) is 0.439. The third-order valence-corrected chi connectivity index (χ3v) is 6.07. The monoisotopic (exact) mass is 451 g/mol. The van der Waals surface area contributed by atoms with Gasteiger partial charge in [0.05, 0.1) is 12.0 Å². The van der Waals surface area contributed by atoms with Gasteiger partial charge in [0, 0.05) is 11.5 Å². The predicted molar refractivity (Wildman–Crippen MR) is 105 cm³/mol. The summed E-state index contributed by atoms with van der Waals surface area (Å²) < 4.78 is 70.9. The number of methoxy groups -OCH3 is 1. The molecule has 0 bridgehead atoms. The molecule has 0 aliphatic carbocycles. The molecule has 0 aliphatic heterocycles. The first-order chi connectivity index (χ1) is 13.9. The molecule has 0 amide bonds. The summed E-state index contributed by atoms with van der Waals surface area (Å²) in [5.41, 5.74) is 0.318. The molecule has 0 atom stereocenters. The van der Waals surface area contributed by atoms with E-state index in [1.54, 1.807) is 0 Å². The van der Waals surface area contributed by atoms with E-state index in [1.165, 1.54) is 38.3 Å². The molecule has 158 valence electrons. The molecule has 0 aromatic heterocycles. The number of hydrogen-bond donors (Lipinski definition) is 2. The van der Waals surface area contributed by atoms with Gasteiger partial charge in [0.15, 0.2) is 0 Å². The van der Waals surface area contributed by atoms with Gasteiger partial charge in [0.25, 0.3) is 10.1 Å². The van der Waals surface area contributed by atoms with E-state index in [4.69, 9.17) is 4.74 Å². The Morgan fingerprint density at radius 1 is 1.00 bits per heavy atom. The van der Waals surface area contributed by atoms with E-state index in [-0.39, 0.29) is 33.3 Å². The predicted octanol–water partition coefficient (Wildman–Crippen LogP) is 3.43. The zero-order valence-electron chi connectivity index (χ0n) is 15.6. The first kappa shape index (κ1) is 21.6. The van der Waals surface area contributed by atoms with Gasteiger partial charge in [0.2, 0.25) is 0 Å². The summed E-state index contributed by atoms with van der Waals surface area (Å²) in [6.45, 7) is 1.45. The molecule has 3 aromatic rings. The smallest absolute Gasteiger partial charge is 0.294 e. The van der Waals surface area contributed by atoms with E-state index in [9.17, 15) is 31.0 Å². The second-order valence-corrected chi connectivity index (χ2v) is 9.00. The van der Waals surface area contributed by atoms with Crippen LogP contribution in [0, 0.1) is 6.92 Å². The number of benzene rings is 3. The summed E-state index contributed by atoms with van der Waals surface area (Å²) in [6.07, 6.45) is 0. The first-order valence-electron chi connectivity index (χ1n) is 8.21. The fourth-order valence-corrected chi connectivity index (χ4v) is 4.05. The number of phenols is 1. The van der Waals surface area contributed by atoms with Crippen LogP contribution in [0.3, 0.4) is 0 Å². The van der Waals surface area contributed by atoms with Crippen LogP contribution in [0.4, 0.5) is 11.4 Å². The molecule has 3 rings (SSSR count). The second-order valence-electron chi connectivity index (χ2n) is 6.23. The number of phenolic OH excluding ortho intramolecular Hbond substituents is 1. The molecule has 3 aromatic carbocycles. The maximum Gasteiger partial charge on any atom is 0.294 e. The summed E-state index contributed by atoms with van der Waals surface area (Å²) >= 11 is 0. The molecule has 10 nitrogen and oxygen atoms in total. The zero-order valence-corrected chi connectivity index (χ0v) is 17.2. The van der Waals surface area contributed by atoms with Crippen molar-refractivity contribution in [2.45, 2.75) is 16.7 Å². The zero-order chi connectivity index (χ0) is 22.3. The van der Waals surface area contributed by atoms with Crippen molar-refractivity contribution in [1.82, 2.24) is 0 Å². The van der Waals surface area contributed by atoms with E-state index in [0.29, 0.717) is 10.8 Å². The molecule has 0 radical (unpaired) electrons. The summed E-state index contributed by atoms with van der Waals surface area (Å²) in [7, 11) is -7.85. The largest absolute Gasteiger partial charge is 0.744 e. The molecule has 12 heteroatoms. The van der Waals surface area contributed by atoms with Crippen molar-refractivity contribution in [3.8, 4) is 11.5 Å². The van der Waals surface area contributed by atoms with Crippen LogP contribution in [0.15, 0.2) is 62.5 Å². The second kappa shape index (κ2) is 7.65. The molecule has 0 fully saturated rings. The molecular weight excluding hydrogens is 436 g/mol. The van der Waals surface area contributed by atoms with Crippen molar-refractivity contribution in [2.24, 2.45) is 10.2 Å². The molecule has 0 spiro atoms. The SMILES string of the molecule is COc1cc(S(=O)(=O)O)c(C)cc1N=Nc1c(O)ccc2cc(S(=O)(=O)[O-])ccc12. The van der Waals surface area contributed by atoms with Crippen molar-refractivity contribution in [1.29, 1.82) is 0 Å². The third-order valence-electron chi connectivity index (χ3n) is 4.24. The summed E-state index contributed by atoms with van der Waals surface area (Å²) in [4.78, 5) is -0.778. The number of rotatable bonds is 5. The summed E-state index contributed by atoms with van der Waals surface area (Å²) in [5, 5.41) is 18.8. The van der Waals surface area contributed by atoms with Gasteiger partial charge in [-0.1, -0.05) is 12.1 Å². The Labute approximate surface area is 172 Å². The lowest BCUT2D eigenvalue weighted by Crippen LogP contribution is -2.01. The normalized spacial score (nSPS) is 12.5. The van der Waals surface area contributed by atoms with Gasteiger partial charge in [-0.25, -0.2) is 8.42 Å². The van der Waals surface area contributed by atoms with E-state index < -0.39 is 25.1 Å². The minimum Gasteiger partial charge on any atom is -0.744 e. The van der Waals surface area contributed by atoms with Crippen molar-refractivity contribution in [2.75, 3.05) is 7.11 Å². The number of hydrogen-bond acceptors (Lipinski definition) is 9. The third kappa shape index (κ3) is 4.26. The average Bonchev–Trinajstić information content (AvgIpc) is 2.65. The Bertz CT molecular complexity index is 1400. The fourth-order valence-electron chi connectivity index (χ4n) is 2.82. The van der Waals surface area contributed by atoms with Crippen LogP contribution in [0.5, 0.6) is 11.5 Å². The topological polar surface area (TPSA) is 166 Å². The highest BCUT2D eigenvalue weighted by atomic mass is 32.2. The van der Waals surface area contributed by atoms with Crippen molar-refractivity contribution in [3.05, 3.63) is 48.0 Å². The lowest BCUT2D eigenvalue weighted by atomic mass is 10.1. The molecule has 0 heterocycles. The Hall–Kier alpha value is -3.06. The maximum atomic E-state index is 11.4. The van der Waals surface area contributed by atoms with Gasteiger partial charge in [0.1, 0.15) is 37.9 Å². The average molecular weight is 451 g/mol. The van der Waals surface area contributed by atoms with Crippen LogP contribution < -0.4 is 4.74 Å². The molecule has 2 N–H and O–H groups in total. The standard InChI is InChI=1S/C18H16N2O8S2/c1-10-7-14(16(28-2)9-17(10)30(25,26)27)19-20-18-13-5-4-12(29(22,23)24)8-11(13)3-6-15(18)21/h3-9,21H,1-2H3,(H,22,23,24)(H,25,26,27)/p-1. The van der Waals surface area contributed by atoms with Crippen LogP contribution in [0.25, 0.3) is 10.8 Å². The van der Waals surface area contributed by atoms with Gasteiger partial charge < -0.3 is 14.4 Å². The number of nitrogens with zero attached hydrogens (tertiary/aromatic N) is 2. The van der Waals surface area contributed by atoms with E-state index in [2.05, 4.69) is 10.2 Å². The summed E-state index contributed by atoms with van der Waals surface area (Å²) in [5.74, 6) is -0.245. The molecular formula is C18H15N2O8S2-. The van der Waals surface area contributed by atoms with Gasteiger partial charge in [-0.15, -0.1) is 10.2 Å². The molecule has 0 saturated heterocycles. The van der Waals surface area contributed by atoms with E-state index in [1.807, 2.05) is 0 Å². The van der Waals surface area contributed by atoms with Gasteiger partial charge >= 0.3 is 0 Å². The molecule has 0 unspecified atom stereocenters. The maximum absolute atomic E-state index is 11.4. The summed E-state index contributed by atoms with van der Waals surface area (Å²) in [6, 6.07) is 8.67. The lowest BCUT2D eigenvalue weighted by molar-refractivity contribution is 0.413. The van der Waals surface area contributed by atoms with Crippen molar-refractivity contribution >= 4 is 42.4 Å². The molecule has 0 aliphatic rings. The lowest BCUT2D eigenvalue weighted by Gasteiger charge is -2.10. The van der Waals surface area contributed by atoms with Crippen molar-refractivity contribution < 1.29 is 35.8 Å². The van der Waals surface area contributed by atoms with Crippen LogP contribution in [0.2, 0.25) is 0 Å². The molecule has 30 heavy (non-hydrogen) atoms. The Balaban J connectivity index is 2.14. The highest BCUT2D eigenvalue weighted by molar-refractivity contribution is 7.86. The van der Waals surface area contributed by atoms with Crippen LogP contribution in [0.1, 0.15) is 5.56 Å². The van der Waals surface area contributed by atoms with E-state index in [0.717, 1.165) is 18.2 Å². The minimum atomic E-state index is -4.66. The number of aryl methyl sites for hydroxylation is 1. The highest BCUT2D eigenvalue weighted by Gasteiger charge is 2.17. The van der Waals surface area contributed by atoms with Gasteiger partial charge in [-0.3, -0.25) is 4.55 Å². The highest BCUT2D eigenvalue weighted by Crippen LogP contribution is 2.39. The number of fused-ring (bicyclic) bond motifs is 1. The van der Waals surface area contributed by atoms with Crippen LogP contribution in [-0.4, -0.2) is 38.2 Å². The Morgan fingerprint density at radius 3 is 2.30 bits per heavy atom. The van der Waals surface area contributed by atoms with Crippen molar-refractivity contribution in [3.63, 3.8) is 0 Å². The number of aromatic hydroxyl groups is 1. The van der Waals surface area contributed by atoms with E-state index >= 15 is 0 Å². The number of ether oxygens (including phenoxy) is 1. The Kier molecular flexibility index (Phi) is 5.52. The first-order valence-corrected chi connectivity index (χ1v) is 11.1. The number of azo groups is 1. The van der Waals surface area contributed by atoms with Gasteiger partial charge in [-0.2, -0.15) is 8.42 Å². The molecule has 0 saturated carbocycles. The van der Waals surface area contributed by atoms with Crippen LogP contribution >= 0.6 is 0 Å². The van der Waals surface area contributed by atoms with Crippen LogP contribution in [-0.2, 0) is 20.2 Å². The fraction of sp³-hybridized carbons (Fsp3) is 0.111. The Morgan fingerprint density at radius 2 is 1.70 bits per heavy atom. The van der Waals surface area contributed by atoms with Gasteiger partial charge in [-0.05, 0) is 42.1 Å².